The smallest absolute Gasteiger partial charge is 0.139 e. The highest BCUT2D eigenvalue weighted by atomic mass is 79.9. The van der Waals surface area contributed by atoms with Gasteiger partial charge in [0.2, 0.25) is 0 Å². The second-order valence-corrected chi connectivity index (χ2v) is 5.08. The average molecular weight is 320 g/mol. The Balaban J connectivity index is 2.20. The topological polar surface area (TPSA) is 54.7 Å². The molecule has 0 spiro atoms. The zero-order valence-corrected chi connectivity index (χ0v) is 11.5. The van der Waals surface area contributed by atoms with Crippen molar-refractivity contribution in [2.45, 2.75) is 6.54 Å². The molecule has 3 N–H and O–H groups in total. The molecule has 5 heteroatoms. The van der Waals surface area contributed by atoms with E-state index < -0.39 is 0 Å². The molecule has 0 aliphatic rings. The van der Waals surface area contributed by atoms with Crippen molar-refractivity contribution in [3.63, 3.8) is 0 Å². The maximum atomic E-state index is 13.1. The summed E-state index contributed by atoms with van der Waals surface area (Å²) < 4.78 is 13.8. The molecule has 0 saturated carbocycles. The maximum Gasteiger partial charge on any atom is 0.139 e. The lowest BCUT2D eigenvalue weighted by Gasteiger charge is -2.00. The number of nitrogens with zero attached hydrogens (tertiary/aromatic N) is 1. The quantitative estimate of drug-likeness (QED) is 0.758. The van der Waals surface area contributed by atoms with Crippen molar-refractivity contribution in [3.8, 4) is 11.4 Å². The van der Waals surface area contributed by atoms with E-state index in [0.717, 1.165) is 22.2 Å². The van der Waals surface area contributed by atoms with Gasteiger partial charge in [-0.25, -0.2) is 9.37 Å². The van der Waals surface area contributed by atoms with Crippen molar-refractivity contribution in [2.75, 3.05) is 0 Å². The first-order chi connectivity index (χ1) is 9.19. The number of imidazole rings is 1. The van der Waals surface area contributed by atoms with Crippen molar-refractivity contribution >= 4 is 27.0 Å². The summed E-state index contributed by atoms with van der Waals surface area (Å²) in [6.07, 6.45) is 0. The summed E-state index contributed by atoms with van der Waals surface area (Å²) in [5.74, 6) is 0.414. The molecule has 0 atom stereocenters. The van der Waals surface area contributed by atoms with Gasteiger partial charge in [-0.3, -0.25) is 0 Å². The molecule has 3 aromatic rings. The summed E-state index contributed by atoms with van der Waals surface area (Å²) >= 11 is 3.35. The molecule has 0 saturated heterocycles. The van der Waals surface area contributed by atoms with Crippen molar-refractivity contribution in [1.82, 2.24) is 9.97 Å². The van der Waals surface area contributed by atoms with Gasteiger partial charge in [0.05, 0.1) is 11.0 Å². The van der Waals surface area contributed by atoms with E-state index in [4.69, 9.17) is 5.73 Å². The van der Waals surface area contributed by atoms with E-state index in [1.54, 1.807) is 6.07 Å². The highest BCUT2D eigenvalue weighted by Crippen LogP contribution is 2.29. The first-order valence-electron chi connectivity index (χ1n) is 5.82. The molecule has 0 unspecified atom stereocenters. The summed E-state index contributed by atoms with van der Waals surface area (Å²) in [7, 11) is 0. The Morgan fingerprint density at radius 3 is 2.84 bits per heavy atom. The fraction of sp³-hybridized carbons (Fsp3) is 0.0714. The van der Waals surface area contributed by atoms with Crippen LogP contribution in [0.15, 0.2) is 40.9 Å². The number of nitrogens with two attached hydrogens (primary N) is 1. The molecule has 0 aliphatic heterocycles. The summed E-state index contributed by atoms with van der Waals surface area (Å²) in [6, 6.07) is 10.4. The molecule has 0 radical (unpaired) electrons. The Labute approximate surface area is 117 Å². The van der Waals surface area contributed by atoms with Crippen LogP contribution in [-0.2, 0) is 6.54 Å². The predicted octanol–water partition coefficient (Wildman–Crippen LogP) is 3.59. The van der Waals surface area contributed by atoms with Gasteiger partial charge in [-0.1, -0.05) is 12.1 Å². The van der Waals surface area contributed by atoms with Crippen molar-refractivity contribution < 1.29 is 4.39 Å². The van der Waals surface area contributed by atoms with Crippen LogP contribution < -0.4 is 5.73 Å². The normalized spacial score (nSPS) is 11.1. The number of hydrogen-bond acceptors (Lipinski definition) is 2. The second kappa shape index (κ2) is 4.75. The molecule has 0 bridgehead atoms. The highest BCUT2D eigenvalue weighted by molar-refractivity contribution is 9.10. The molecule has 0 aliphatic carbocycles. The van der Waals surface area contributed by atoms with Gasteiger partial charge in [-0.15, -0.1) is 0 Å². The summed E-state index contributed by atoms with van der Waals surface area (Å²) in [5, 5.41) is 0. The zero-order valence-electron chi connectivity index (χ0n) is 9.95. The molecule has 3 nitrogen and oxygen atoms in total. The number of rotatable bonds is 2. The fourth-order valence-corrected chi connectivity index (χ4v) is 2.60. The molecular weight excluding hydrogens is 309 g/mol. The minimum absolute atomic E-state index is 0.283. The van der Waals surface area contributed by atoms with Gasteiger partial charge in [0.25, 0.3) is 0 Å². The number of aromatic amines is 1. The van der Waals surface area contributed by atoms with Gasteiger partial charge in [0.1, 0.15) is 11.6 Å². The van der Waals surface area contributed by atoms with Crippen LogP contribution in [0.25, 0.3) is 22.4 Å². The molecule has 1 aromatic heterocycles. The van der Waals surface area contributed by atoms with Crippen LogP contribution in [0.1, 0.15) is 5.56 Å². The highest BCUT2D eigenvalue weighted by Gasteiger charge is 2.11. The first-order valence-corrected chi connectivity index (χ1v) is 6.61. The molecule has 0 fully saturated rings. The van der Waals surface area contributed by atoms with E-state index in [9.17, 15) is 4.39 Å². The Morgan fingerprint density at radius 2 is 2.11 bits per heavy atom. The number of hydrogen-bond donors (Lipinski definition) is 2. The van der Waals surface area contributed by atoms with E-state index in [2.05, 4.69) is 25.9 Å². The third kappa shape index (κ3) is 2.15. The number of nitrogens with one attached hydrogen (secondary N) is 1. The maximum absolute atomic E-state index is 13.1. The molecule has 2 aromatic carbocycles. The van der Waals surface area contributed by atoms with E-state index >= 15 is 0 Å². The van der Waals surface area contributed by atoms with E-state index in [0.29, 0.717) is 16.8 Å². The van der Waals surface area contributed by atoms with Gasteiger partial charge >= 0.3 is 0 Å². The van der Waals surface area contributed by atoms with Crippen LogP contribution in [0.3, 0.4) is 0 Å². The Hall–Kier alpha value is -1.72. The second-order valence-electron chi connectivity index (χ2n) is 4.23. The lowest BCUT2D eigenvalue weighted by Crippen LogP contribution is -1.96. The average Bonchev–Trinajstić information content (AvgIpc) is 2.81. The SMILES string of the molecule is NCc1cccc2[nH]c(-c3ccc(F)cc3Br)nc12. The number of fused-ring (bicyclic) bond motifs is 1. The minimum atomic E-state index is -0.283. The molecular formula is C14H11BrFN3. The first kappa shape index (κ1) is 12.3. The van der Waals surface area contributed by atoms with E-state index in [-0.39, 0.29) is 5.82 Å². The Kier molecular flexibility index (Phi) is 3.08. The zero-order chi connectivity index (χ0) is 13.4. The van der Waals surface area contributed by atoms with Crippen LogP contribution in [0.5, 0.6) is 0 Å². The lowest BCUT2D eigenvalue weighted by molar-refractivity contribution is 0.627. The minimum Gasteiger partial charge on any atom is -0.338 e. The van der Waals surface area contributed by atoms with Crippen LogP contribution in [0.2, 0.25) is 0 Å². The molecule has 19 heavy (non-hydrogen) atoms. The standard InChI is InChI=1S/C14H11BrFN3/c15-11-6-9(16)4-5-10(11)14-18-12-3-1-2-8(7-17)13(12)19-14/h1-6H,7,17H2,(H,18,19). The summed E-state index contributed by atoms with van der Waals surface area (Å²) in [6.45, 7) is 0.437. The van der Waals surface area contributed by atoms with Gasteiger partial charge in [-0.2, -0.15) is 0 Å². The van der Waals surface area contributed by atoms with Gasteiger partial charge in [0.15, 0.2) is 0 Å². The molecule has 0 amide bonds. The van der Waals surface area contributed by atoms with Crippen LogP contribution in [-0.4, -0.2) is 9.97 Å². The van der Waals surface area contributed by atoms with Gasteiger partial charge in [-0.05, 0) is 45.8 Å². The molecule has 1 heterocycles. The van der Waals surface area contributed by atoms with E-state index in [1.807, 2.05) is 18.2 Å². The largest absolute Gasteiger partial charge is 0.338 e. The molecule has 96 valence electrons. The van der Waals surface area contributed by atoms with E-state index in [1.165, 1.54) is 12.1 Å². The number of benzene rings is 2. The van der Waals surface area contributed by atoms with Gasteiger partial charge < -0.3 is 10.7 Å². The van der Waals surface area contributed by atoms with Gasteiger partial charge in [0, 0.05) is 16.6 Å². The Morgan fingerprint density at radius 1 is 1.26 bits per heavy atom. The molecule has 3 rings (SSSR count). The van der Waals surface area contributed by atoms with Crippen molar-refractivity contribution in [3.05, 3.63) is 52.3 Å². The number of halogens is 2. The van der Waals surface area contributed by atoms with Crippen molar-refractivity contribution in [1.29, 1.82) is 0 Å². The monoisotopic (exact) mass is 319 g/mol. The number of aromatic nitrogens is 2. The van der Waals surface area contributed by atoms with Crippen molar-refractivity contribution in [2.24, 2.45) is 5.73 Å². The third-order valence-corrected chi connectivity index (χ3v) is 3.66. The van der Waals surface area contributed by atoms with Crippen LogP contribution >= 0.6 is 15.9 Å². The predicted molar refractivity (Wildman–Crippen MR) is 77.1 cm³/mol. The summed E-state index contributed by atoms with van der Waals surface area (Å²) in [4.78, 5) is 7.78. The fourth-order valence-electron chi connectivity index (χ4n) is 2.07. The lowest BCUT2D eigenvalue weighted by atomic mass is 10.2. The van der Waals surface area contributed by atoms with Crippen LogP contribution in [0.4, 0.5) is 4.39 Å². The summed E-state index contributed by atoms with van der Waals surface area (Å²) in [5.41, 5.74) is 9.29. The Bertz CT molecular complexity index is 752. The number of para-hydroxylation sites is 1. The number of H-pyrrole nitrogens is 1. The van der Waals surface area contributed by atoms with Crippen LogP contribution in [0, 0.1) is 5.82 Å². The third-order valence-electron chi connectivity index (χ3n) is 3.00.